The number of nitrogens with one attached hydrogen (secondary N) is 1. The summed E-state index contributed by atoms with van der Waals surface area (Å²) in [5.41, 5.74) is 0.473. The molecule has 3 rings (SSSR count). The van der Waals surface area contributed by atoms with Gasteiger partial charge in [0, 0.05) is 17.7 Å². The number of nitro groups is 1. The second kappa shape index (κ2) is 10.3. The second-order valence-electron chi connectivity index (χ2n) is 8.15. The molecule has 1 aliphatic rings. The van der Waals surface area contributed by atoms with E-state index in [1.54, 1.807) is 24.3 Å². The van der Waals surface area contributed by atoms with Crippen LogP contribution in [0.4, 0.5) is 5.69 Å². The first kappa shape index (κ1) is 23.9. The summed E-state index contributed by atoms with van der Waals surface area (Å²) < 4.78 is 5.54. The molecule has 0 radical (unpaired) electrons. The van der Waals surface area contributed by atoms with E-state index in [1.807, 2.05) is 21.0 Å². The molecule has 9 nitrogen and oxygen atoms in total. The molecule has 174 valence electrons. The maximum Gasteiger partial charge on any atom is 0.295 e. The number of nitrogens with zero attached hydrogens (tertiary/aromatic N) is 2. The molecule has 1 amide bonds. The second-order valence-corrected chi connectivity index (χ2v) is 8.15. The monoisotopic (exact) mass is 453 g/mol. The predicted molar refractivity (Wildman–Crippen MR) is 119 cm³/mol. The van der Waals surface area contributed by atoms with Crippen molar-refractivity contribution in [2.45, 2.75) is 19.4 Å². The molecule has 1 heterocycles. The van der Waals surface area contributed by atoms with Crippen LogP contribution < -0.4 is 14.7 Å². The maximum absolute atomic E-state index is 13.4. The maximum atomic E-state index is 13.4. The van der Waals surface area contributed by atoms with Crippen LogP contribution in [-0.2, 0) is 9.59 Å². The summed E-state index contributed by atoms with van der Waals surface area (Å²) in [5, 5.41) is 24.4. The van der Waals surface area contributed by atoms with Gasteiger partial charge in [-0.05, 0) is 41.8 Å². The third-order valence-electron chi connectivity index (χ3n) is 5.39. The molecule has 0 bridgehead atoms. The van der Waals surface area contributed by atoms with Crippen LogP contribution in [0.5, 0.6) is 5.75 Å². The van der Waals surface area contributed by atoms with E-state index in [0.29, 0.717) is 24.5 Å². The van der Waals surface area contributed by atoms with E-state index in [-0.39, 0.29) is 23.4 Å². The number of amides is 1. The molecule has 1 unspecified atom stereocenters. The number of Topliss-reactive ketones (excluding diaryl/α,β-unsaturated/α-hetero) is 1. The number of carbonyl (C=O) groups is 2. The molecule has 0 saturated carbocycles. The van der Waals surface area contributed by atoms with E-state index in [4.69, 9.17) is 4.74 Å². The first-order chi connectivity index (χ1) is 15.7. The molecule has 1 fully saturated rings. The fourth-order valence-corrected chi connectivity index (χ4v) is 3.65. The van der Waals surface area contributed by atoms with Crippen molar-refractivity contribution < 1.29 is 29.3 Å². The minimum atomic E-state index is -0.909. The molecule has 9 heteroatoms. The van der Waals surface area contributed by atoms with Gasteiger partial charge in [-0.3, -0.25) is 19.7 Å². The van der Waals surface area contributed by atoms with Crippen molar-refractivity contribution in [3.05, 3.63) is 75.3 Å². The van der Waals surface area contributed by atoms with Crippen molar-refractivity contribution in [2.24, 2.45) is 0 Å². The lowest BCUT2D eigenvalue weighted by Gasteiger charge is -2.27. The van der Waals surface area contributed by atoms with E-state index in [9.17, 15) is 24.8 Å². The molecule has 33 heavy (non-hydrogen) atoms. The van der Waals surface area contributed by atoms with Crippen molar-refractivity contribution in [3.8, 4) is 5.75 Å². The molecule has 1 N–H and O–H groups in total. The van der Waals surface area contributed by atoms with E-state index >= 15 is 0 Å². The standard InChI is InChI=1S/C24H27N3O6/c1-4-15-33-19-11-7-17(8-12-19)22(28)20-21(16-5-9-18(10-6-16)27(31)32)26(14-13-25(2)3)24(30)23(20)29/h5-12,21,28H,4,13-15H2,1-3H3/b22-20+. The number of rotatable bonds is 9. The molecule has 1 saturated heterocycles. The Hall–Kier alpha value is -3.72. The van der Waals surface area contributed by atoms with E-state index in [2.05, 4.69) is 0 Å². The lowest BCUT2D eigenvalue weighted by atomic mass is 9.95. The van der Waals surface area contributed by atoms with Crippen molar-refractivity contribution in [2.75, 3.05) is 33.8 Å². The molecule has 2 aromatic rings. The van der Waals surface area contributed by atoms with Gasteiger partial charge in [0.05, 0.1) is 44.8 Å². The van der Waals surface area contributed by atoms with Crippen LogP contribution >= 0.6 is 0 Å². The number of hydrogen-bond donors (Lipinski definition) is 1. The fraction of sp³-hybridized carbons (Fsp3) is 0.333. The SMILES string of the molecule is CCCOc1ccc(/C([O-])=C2\C(=O)C(=O)N(CC[NH+](C)C)C2c2ccc([N+](=O)[O-])cc2)cc1. The van der Waals surface area contributed by atoms with E-state index in [1.165, 1.54) is 29.2 Å². The fourth-order valence-electron chi connectivity index (χ4n) is 3.65. The van der Waals surface area contributed by atoms with Crippen LogP contribution in [0.15, 0.2) is 54.1 Å². The Balaban J connectivity index is 2.06. The Morgan fingerprint density at radius 3 is 2.27 bits per heavy atom. The molecule has 0 aliphatic carbocycles. The summed E-state index contributed by atoms with van der Waals surface area (Å²) in [4.78, 5) is 38.8. The molecule has 1 aliphatic heterocycles. The average Bonchev–Trinajstić information content (AvgIpc) is 3.06. The number of ketones is 1. The van der Waals surface area contributed by atoms with Gasteiger partial charge < -0.3 is 19.6 Å². The highest BCUT2D eigenvalue weighted by Gasteiger charge is 2.44. The summed E-state index contributed by atoms with van der Waals surface area (Å²) in [6.45, 7) is 3.35. The summed E-state index contributed by atoms with van der Waals surface area (Å²) in [6.07, 6.45) is 0.844. The zero-order valence-electron chi connectivity index (χ0n) is 18.9. The molecular formula is C24H27N3O6. The largest absolute Gasteiger partial charge is 0.872 e. The van der Waals surface area contributed by atoms with Gasteiger partial charge in [0.25, 0.3) is 11.6 Å². The number of likely N-dealkylation sites (N-methyl/N-ethyl adjacent to an activating group) is 1. The highest BCUT2D eigenvalue weighted by Crippen LogP contribution is 2.39. The third kappa shape index (κ3) is 5.20. The average molecular weight is 453 g/mol. The lowest BCUT2D eigenvalue weighted by Crippen LogP contribution is -3.06. The number of quaternary nitrogens is 1. The summed E-state index contributed by atoms with van der Waals surface area (Å²) in [7, 11) is 3.84. The van der Waals surface area contributed by atoms with Crippen molar-refractivity contribution in [3.63, 3.8) is 0 Å². The van der Waals surface area contributed by atoms with Gasteiger partial charge in [0.15, 0.2) is 0 Å². The van der Waals surface area contributed by atoms with Crippen LogP contribution in [-0.4, -0.2) is 55.3 Å². The number of non-ortho nitro benzene ring substituents is 1. The first-order valence-corrected chi connectivity index (χ1v) is 10.8. The summed E-state index contributed by atoms with van der Waals surface area (Å²) in [5.74, 6) is -1.53. The van der Waals surface area contributed by atoms with E-state index < -0.39 is 28.4 Å². The number of carbonyl (C=O) groups excluding carboxylic acids is 2. The Bertz CT molecular complexity index is 1060. The van der Waals surface area contributed by atoms with Crippen molar-refractivity contribution >= 4 is 23.1 Å². The van der Waals surface area contributed by atoms with Crippen LogP contribution in [0.25, 0.3) is 5.76 Å². The zero-order chi connectivity index (χ0) is 24.1. The van der Waals surface area contributed by atoms with Gasteiger partial charge in [-0.15, -0.1) is 0 Å². The van der Waals surface area contributed by atoms with Gasteiger partial charge in [-0.1, -0.05) is 24.8 Å². The molecule has 0 spiro atoms. The minimum absolute atomic E-state index is 0.116. The van der Waals surface area contributed by atoms with Crippen LogP contribution in [0.2, 0.25) is 0 Å². The Morgan fingerprint density at radius 1 is 1.09 bits per heavy atom. The molecule has 1 atom stereocenters. The highest BCUT2D eigenvalue weighted by atomic mass is 16.6. The van der Waals surface area contributed by atoms with Crippen LogP contribution in [0, 0.1) is 10.1 Å². The number of hydrogen-bond acceptors (Lipinski definition) is 6. The molecule has 0 aromatic heterocycles. The number of benzene rings is 2. The zero-order valence-corrected chi connectivity index (χ0v) is 18.9. The number of nitro benzene ring substituents is 1. The van der Waals surface area contributed by atoms with Gasteiger partial charge in [0.2, 0.25) is 5.78 Å². The van der Waals surface area contributed by atoms with Gasteiger partial charge >= 0.3 is 0 Å². The predicted octanol–water partition coefficient (Wildman–Crippen LogP) is 0.752. The van der Waals surface area contributed by atoms with Gasteiger partial charge in [-0.2, -0.15) is 0 Å². The Labute approximate surface area is 192 Å². The lowest BCUT2D eigenvalue weighted by molar-refractivity contribution is -0.857. The number of likely N-dealkylation sites (tertiary alicyclic amines) is 1. The van der Waals surface area contributed by atoms with Gasteiger partial charge in [-0.25, -0.2) is 0 Å². The first-order valence-electron chi connectivity index (χ1n) is 10.8. The van der Waals surface area contributed by atoms with Gasteiger partial charge in [0.1, 0.15) is 5.75 Å². The quantitative estimate of drug-likeness (QED) is 0.197. The molecule has 2 aromatic carbocycles. The summed E-state index contributed by atoms with van der Waals surface area (Å²) >= 11 is 0. The minimum Gasteiger partial charge on any atom is -0.872 e. The molecular weight excluding hydrogens is 426 g/mol. The third-order valence-corrected chi connectivity index (χ3v) is 5.39. The normalized spacial score (nSPS) is 17.6. The van der Waals surface area contributed by atoms with Crippen molar-refractivity contribution in [1.82, 2.24) is 4.90 Å². The van der Waals surface area contributed by atoms with Crippen LogP contribution in [0.3, 0.4) is 0 Å². The Morgan fingerprint density at radius 2 is 1.73 bits per heavy atom. The highest BCUT2D eigenvalue weighted by molar-refractivity contribution is 6.46. The number of ether oxygens (including phenoxy) is 1. The van der Waals surface area contributed by atoms with Crippen LogP contribution in [0.1, 0.15) is 30.5 Å². The summed E-state index contributed by atoms with van der Waals surface area (Å²) in [6, 6.07) is 11.1. The van der Waals surface area contributed by atoms with E-state index in [0.717, 1.165) is 11.3 Å². The topological polar surface area (TPSA) is 117 Å². The smallest absolute Gasteiger partial charge is 0.295 e. The Kier molecular flexibility index (Phi) is 7.44. The van der Waals surface area contributed by atoms with Crippen molar-refractivity contribution in [1.29, 1.82) is 0 Å².